The van der Waals surface area contributed by atoms with Crippen LogP contribution in [0.3, 0.4) is 0 Å². The number of nitrogens with zero attached hydrogens (tertiary/aromatic N) is 5. The fourth-order valence-corrected chi connectivity index (χ4v) is 4.38. The number of hydrogen-bond acceptors (Lipinski definition) is 6. The van der Waals surface area contributed by atoms with Gasteiger partial charge in [0.2, 0.25) is 0 Å². The summed E-state index contributed by atoms with van der Waals surface area (Å²) >= 11 is 0. The summed E-state index contributed by atoms with van der Waals surface area (Å²) in [6.45, 7) is 3.94. The van der Waals surface area contributed by atoms with Gasteiger partial charge >= 0.3 is 12.3 Å². The van der Waals surface area contributed by atoms with E-state index < -0.39 is 17.8 Å². The molecule has 11 heteroatoms. The van der Waals surface area contributed by atoms with Gasteiger partial charge in [-0.25, -0.2) is 14.8 Å². The summed E-state index contributed by atoms with van der Waals surface area (Å²) < 4.78 is 44.5. The van der Waals surface area contributed by atoms with E-state index >= 15 is 0 Å². The largest absolute Gasteiger partial charge is 0.447 e. The minimum atomic E-state index is -4.42. The van der Waals surface area contributed by atoms with E-state index in [2.05, 4.69) is 9.97 Å². The number of halogens is 3. The van der Waals surface area contributed by atoms with Crippen molar-refractivity contribution in [2.75, 3.05) is 42.6 Å². The number of ether oxygens (including phenoxy) is 1. The van der Waals surface area contributed by atoms with Crippen molar-refractivity contribution in [3.63, 3.8) is 0 Å². The minimum absolute atomic E-state index is 0.115. The topological polar surface area (TPSA) is 78.9 Å². The van der Waals surface area contributed by atoms with E-state index in [1.807, 2.05) is 11.8 Å². The van der Waals surface area contributed by atoms with Crippen molar-refractivity contribution in [2.45, 2.75) is 37.9 Å². The first-order valence-corrected chi connectivity index (χ1v) is 11.3. The summed E-state index contributed by atoms with van der Waals surface area (Å²) in [6, 6.07) is 4.36. The summed E-state index contributed by atoms with van der Waals surface area (Å²) in [7, 11) is 0. The Labute approximate surface area is 194 Å². The molecule has 1 aliphatic carbocycles. The van der Waals surface area contributed by atoms with Crippen molar-refractivity contribution >= 4 is 23.6 Å². The molecule has 34 heavy (non-hydrogen) atoms. The molecule has 2 saturated heterocycles. The zero-order chi connectivity index (χ0) is 24.0. The summed E-state index contributed by atoms with van der Waals surface area (Å²) in [5.74, 6) is 0.945. The number of anilines is 2. The monoisotopic (exact) mass is 475 g/mol. The molecule has 180 valence electrons. The van der Waals surface area contributed by atoms with E-state index in [-0.39, 0.29) is 17.9 Å². The van der Waals surface area contributed by atoms with Crippen LogP contribution in [0.5, 0.6) is 0 Å². The SMILES string of the molecule is CC1COC(=O)N1c1ccc(C(=O)N2CCN(c3ncc(C(F)(F)F)cc3C3CC3)CC2)cn1. The number of pyridine rings is 2. The number of cyclic esters (lactones) is 1. The van der Waals surface area contributed by atoms with E-state index in [4.69, 9.17) is 4.74 Å². The highest BCUT2D eigenvalue weighted by molar-refractivity contribution is 5.95. The molecule has 4 heterocycles. The highest BCUT2D eigenvalue weighted by atomic mass is 19.4. The molecule has 3 aliphatic rings. The van der Waals surface area contributed by atoms with Crippen LogP contribution >= 0.6 is 0 Å². The van der Waals surface area contributed by atoms with Gasteiger partial charge in [-0.15, -0.1) is 0 Å². The van der Waals surface area contributed by atoms with Crippen molar-refractivity contribution in [3.05, 3.63) is 47.3 Å². The lowest BCUT2D eigenvalue weighted by molar-refractivity contribution is -0.137. The smallest absolute Gasteiger partial charge is 0.417 e. The average Bonchev–Trinajstić information content (AvgIpc) is 3.62. The molecule has 2 aromatic rings. The van der Waals surface area contributed by atoms with Gasteiger partial charge in [-0.3, -0.25) is 9.69 Å². The first-order valence-electron chi connectivity index (χ1n) is 11.3. The second-order valence-electron chi connectivity index (χ2n) is 8.89. The Hall–Kier alpha value is -3.37. The third kappa shape index (κ3) is 4.26. The second kappa shape index (κ2) is 8.44. The third-order valence-electron chi connectivity index (χ3n) is 6.43. The van der Waals surface area contributed by atoms with E-state index in [9.17, 15) is 22.8 Å². The normalized spacial score (nSPS) is 21.1. The standard InChI is InChI=1S/C23H24F3N5O3/c1-14-13-34-22(33)31(14)19-5-4-16(11-27-19)21(32)30-8-6-29(7-9-30)20-18(15-2-3-15)10-17(12-28-20)23(24,25)26/h4-5,10-12,14-15H,2-3,6-9,13H2,1H3. The van der Waals surface area contributed by atoms with Gasteiger partial charge in [0.25, 0.3) is 5.91 Å². The molecule has 0 radical (unpaired) electrons. The number of carbonyl (C=O) groups excluding carboxylic acids is 2. The molecule has 1 saturated carbocycles. The van der Waals surface area contributed by atoms with Gasteiger partial charge in [-0.1, -0.05) is 0 Å². The van der Waals surface area contributed by atoms with Gasteiger partial charge in [0.15, 0.2) is 0 Å². The summed E-state index contributed by atoms with van der Waals surface area (Å²) in [6.07, 6.45) is -0.806. The molecule has 0 N–H and O–H groups in total. The van der Waals surface area contributed by atoms with E-state index in [0.717, 1.165) is 19.0 Å². The van der Waals surface area contributed by atoms with Gasteiger partial charge in [0.05, 0.1) is 17.2 Å². The second-order valence-corrected chi connectivity index (χ2v) is 8.89. The van der Waals surface area contributed by atoms with Gasteiger partial charge in [0.1, 0.15) is 18.2 Å². The molecule has 1 unspecified atom stereocenters. The first-order chi connectivity index (χ1) is 16.2. The number of aromatic nitrogens is 2. The Balaban J connectivity index is 1.25. The van der Waals surface area contributed by atoms with Crippen LogP contribution in [0.15, 0.2) is 30.6 Å². The highest BCUT2D eigenvalue weighted by Gasteiger charge is 2.36. The van der Waals surface area contributed by atoms with Crippen molar-refractivity contribution in [3.8, 4) is 0 Å². The fourth-order valence-electron chi connectivity index (χ4n) is 4.38. The Morgan fingerprint density at radius 3 is 2.38 bits per heavy atom. The van der Waals surface area contributed by atoms with Crippen molar-refractivity contribution < 1.29 is 27.5 Å². The molecule has 0 aromatic carbocycles. The predicted molar refractivity (Wildman–Crippen MR) is 117 cm³/mol. The van der Waals surface area contributed by atoms with Crippen molar-refractivity contribution in [2.24, 2.45) is 0 Å². The van der Waals surface area contributed by atoms with E-state index in [1.54, 1.807) is 17.0 Å². The molecule has 0 bridgehead atoms. The van der Waals surface area contributed by atoms with Crippen LogP contribution in [0, 0.1) is 0 Å². The number of rotatable bonds is 4. The van der Waals surface area contributed by atoms with Gasteiger partial charge in [0, 0.05) is 38.6 Å². The molecular weight excluding hydrogens is 451 g/mol. The van der Waals surface area contributed by atoms with Crippen LogP contribution in [0.4, 0.5) is 29.6 Å². The highest BCUT2D eigenvalue weighted by Crippen LogP contribution is 2.45. The zero-order valence-electron chi connectivity index (χ0n) is 18.6. The van der Waals surface area contributed by atoms with Crippen LogP contribution in [-0.4, -0.2) is 65.7 Å². The lowest BCUT2D eigenvalue weighted by Crippen LogP contribution is -2.49. The predicted octanol–water partition coefficient (Wildman–Crippen LogP) is 3.68. The van der Waals surface area contributed by atoms with Crippen LogP contribution in [0.25, 0.3) is 0 Å². The van der Waals surface area contributed by atoms with Crippen molar-refractivity contribution in [1.82, 2.24) is 14.9 Å². The Bertz CT molecular complexity index is 1100. The molecule has 0 spiro atoms. The van der Waals surface area contributed by atoms with E-state index in [1.165, 1.54) is 17.2 Å². The Morgan fingerprint density at radius 1 is 1.09 bits per heavy atom. The molecule has 2 amide bonds. The van der Waals surface area contributed by atoms with Gasteiger partial charge < -0.3 is 14.5 Å². The molecule has 2 aliphatic heterocycles. The Kier molecular flexibility index (Phi) is 5.57. The molecule has 2 aromatic heterocycles. The van der Waals surface area contributed by atoms with Crippen LogP contribution < -0.4 is 9.80 Å². The maximum Gasteiger partial charge on any atom is 0.417 e. The molecule has 1 atom stereocenters. The summed E-state index contributed by atoms with van der Waals surface area (Å²) in [4.78, 5) is 38.4. The number of alkyl halides is 3. The van der Waals surface area contributed by atoms with E-state index in [0.29, 0.717) is 55.5 Å². The minimum Gasteiger partial charge on any atom is -0.447 e. The Morgan fingerprint density at radius 2 is 1.82 bits per heavy atom. The van der Waals surface area contributed by atoms with Gasteiger partial charge in [-0.2, -0.15) is 13.2 Å². The van der Waals surface area contributed by atoms with Crippen molar-refractivity contribution in [1.29, 1.82) is 0 Å². The maximum absolute atomic E-state index is 13.1. The lowest BCUT2D eigenvalue weighted by atomic mass is 10.1. The summed E-state index contributed by atoms with van der Waals surface area (Å²) in [5.41, 5.74) is 0.326. The van der Waals surface area contributed by atoms with Crippen LogP contribution in [0.1, 0.15) is 47.2 Å². The number of amides is 2. The molecule has 3 fully saturated rings. The number of hydrogen-bond donors (Lipinski definition) is 0. The number of piperazine rings is 1. The quantitative estimate of drug-likeness (QED) is 0.672. The molecule has 5 rings (SSSR count). The zero-order valence-corrected chi connectivity index (χ0v) is 18.6. The van der Waals surface area contributed by atoms with Crippen LogP contribution in [-0.2, 0) is 10.9 Å². The third-order valence-corrected chi connectivity index (χ3v) is 6.43. The molecule has 8 nitrogen and oxygen atoms in total. The maximum atomic E-state index is 13.1. The molecular formula is C23H24F3N5O3. The fraction of sp³-hybridized carbons (Fsp3) is 0.478. The average molecular weight is 475 g/mol. The van der Waals surface area contributed by atoms with Crippen LogP contribution in [0.2, 0.25) is 0 Å². The first kappa shape index (κ1) is 22.4. The number of carbonyl (C=O) groups is 2. The lowest BCUT2D eigenvalue weighted by Gasteiger charge is -2.36. The van der Waals surface area contributed by atoms with Gasteiger partial charge in [-0.05, 0) is 49.4 Å². The summed E-state index contributed by atoms with van der Waals surface area (Å²) in [5, 5.41) is 0.